The number of piperidine rings is 1. The van der Waals surface area contributed by atoms with Crippen LogP contribution in [0.15, 0.2) is 18.2 Å². The molecular formula is C15H18N2O2. The summed E-state index contributed by atoms with van der Waals surface area (Å²) in [4.78, 5) is 13.1. The molecule has 0 spiro atoms. The lowest BCUT2D eigenvalue weighted by molar-refractivity contribution is -0.137. The van der Waals surface area contributed by atoms with Gasteiger partial charge < -0.3 is 10.0 Å². The molecule has 1 N–H and O–H groups in total. The molecule has 1 saturated heterocycles. The fraction of sp³-hybridized carbons (Fsp3) is 0.467. The van der Waals surface area contributed by atoms with Gasteiger partial charge in [-0.1, -0.05) is 0 Å². The summed E-state index contributed by atoms with van der Waals surface area (Å²) < 4.78 is 0. The van der Waals surface area contributed by atoms with Gasteiger partial charge in [0.05, 0.1) is 18.1 Å². The lowest BCUT2D eigenvalue weighted by atomic mass is 9.97. The molecule has 0 aromatic heterocycles. The fourth-order valence-corrected chi connectivity index (χ4v) is 2.71. The molecule has 1 heterocycles. The van der Waals surface area contributed by atoms with Gasteiger partial charge in [0.25, 0.3) is 0 Å². The monoisotopic (exact) mass is 258 g/mol. The summed E-state index contributed by atoms with van der Waals surface area (Å²) in [7, 11) is 0. The molecule has 100 valence electrons. The van der Waals surface area contributed by atoms with Crippen molar-refractivity contribution in [3.8, 4) is 6.07 Å². The van der Waals surface area contributed by atoms with Gasteiger partial charge in [0.1, 0.15) is 0 Å². The number of aliphatic carboxylic acids is 1. The van der Waals surface area contributed by atoms with E-state index < -0.39 is 5.97 Å². The third-order valence-electron chi connectivity index (χ3n) is 3.70. The zero-order valence-corrected chi connectivity index (χ0v) is 11.1. The van der Waals surface area contributed by atoms with Gasteiger partial charge >= 0.3 is 5.97 Å². The van der Waals surface area contributed by atoms with Crippen LogP contribution in [-0.4, -0.2) is 23.7 Å². The summed E-state index contributed by atoms with van der Waals surface area (Å²) in [6.45, 7) is 2.81. The van der Waals surface area contributed by atoms with E-state index in [1.54, 1.807) is 0 Å². The quantitative estimate of drug-likeness (QED) is 0.905. The van der Waals surface area contributed by atoms with Crippen molar-refractivity contribution in [1.82, 2.24) is 0 Å². The second-order valence-corrected chi connectivity index (χ2v) is 5.05. The SMILES string of the molecule is Cc1cc(N2CCCCC2CC(=O)O)ccc1C#N. The van der Waals surface area contributed by atoms with Crippen molar-refractivity contribution in [2.24, 2.45) is 0 Å². The molecule has 1 aliphatic rings. The molecule has 0 amide bonds. The number of nitriles is 1. The van der Waals surface area contributed by atoms with Gasteiger partial charge in [0, 0.05) is 18.3 Å². The van der Waals surface area contributed by atoms with Crippen molar-refractivity contribution in [1.29, 1.82) is 5.26 Å². The first-order valence-corrected chi connectivity index (χ1v) is 6.61. The van der Waals surface area contributed by atoms with Crippen molar-refractivity contribution >= 4 is 11.7 Å². The Morgan fingerprint density at radius 1 is 1.53 bits per heavy atom. The average molecular weight is 258 g/mol. The van der Waals surface area contributed by atoms with Crippen molar-refractivity contribution in [2.75, 3.05) is 11.4 Å². The number of rotatable bonds is 3. The zero-order valence-electron chi connectivity index (χ0n) is 11.1. The average Bonchev–Trinajstić information content (AvgIpc) is 2.38. The Morgan fingerprint density at radius 3 is 2.95 bits per heavy atom. The normalized spacial score (nSPS) is 18.9. The molecule has 0 saturated carbocycles. The number of nitrogens with zero attached hydrogens (tertiary/aromatic N) is 2. The number of carbonyl (C=O) groups is 1. The summed E-state index contributed by atoms with van der Waals surface area (Å²) in [6.07, 6.45) is 3.28. The largest absolute Gasteiger partial charge is 0.481 e. The molecule has 0 radical (unpaired) electrons. The molecule has 1 aromatic carbocycles. The van der Waals surface area contributed by atoms with Crippen LogP contribution in [0.25, 0.3) is 0 Å². The summed E-state index contributed by atoms with van der Waals surface area (Å²) >= 11 is 0. The topological polar surface area (TPSA) is 64.3 Å². The van der Waals surface area contributed by atoms with Gasteiger partial charge in [0.2, 0.25) is 0 Å². The van der Waals surface area contributed by atoms with Crippen LogP contribution in [-0.2, 0) is 4.79 Å². The van der Waals surface area contributed by atoms with Gasteiger partial charge in [-0.15, -0.1) is 0 Å². The highest BCUT2D eigenvalue weighted by molar-refractivity contribution is 5.69. The number of benzene rings is 1. The van der Waals surface area contributed by atoms with Crippen LogP contribution in [0.5, 0.6) is 0 Å². The minimum Gasteiger partial charge on any atom is -0.481 e. The minimum atomic E-state index is -0.748. The lowest BCUT2D eigenvalue weighted by Gasteiger charge is -2.37. The predicted octanol–water partition coefficient (Wildman–Crippen LogP) is 2.70. The Morgan fingerprint density at radius 2 is 2.32 bits per heavy atom. The summed E-state index contributed by atoms with van der Waals surface area (Å²) in [5.41, 5.74) is 2.65. The maximum atomic E-state index is 10.9. The van der Waals surface area contributed by atoms with Gasteiger partial charge in [-0.05, 0) is 49.9 Å². The van der Waals surface area contributed by atoms with Gasteiger partial charge in [-0.25, -0.2) is 0 Å². The highest BCUT2D eigenvalue weighted by Gasteiger charge is 2.25. The molecule has 1 atom stereocenters. The smallest absolute Gasteiger partial charge is 0.305 e. The molecule has 4 heteroatoms. The number of hydrogen-bond donors (Lipinski definition) is 1. The van der Waals surface area contributed by atoms with Gasteiger partial charge in [-0.3, -0.25) is 4.79 Å². The number of hydrogen-bond acceptors (Lipinski definition) is 3. The van der Waals surface area contributed by atoms with E-state index >= 15 is 0 Å². The molecule has 1 aromatic rings. The lowest BCUT2D eigenvalue weighted by Crippen LogP contribution is -2.41. The molecular weight excluding hydrogens is 240 g/mol. The molecule has 0 aliphatic carbocycles. The van der Waals surface area contributed by atoms with Crippen molar-refractivity contribution in [3.05, 3.63) is 29.3 Å². The Balaban J connectivity index is 2.25. The third kappa shape index (κ3) is 3.05. The van der Waals surface area contributed by atoms with E-state index in [2.05, 4.69) is 11.0 Å². The van der Waals surface area contributed by atoms with E-state index in [0.717, 1.165) is 37.1 Å². The Bertz CT molecular complexity index is 519. The number of aryl methyl sites for hydroxylation is 1. The van der Waals surface area contributed by atoms with E-state index in [4.69, 9.17) is 10.4 Å². The van der Waals surface area contributed by atoms with E-state index in [1.807, 2.05) is 25.1 Å². The Hall–Kier alpha value is -2.02. The van der Waals surface area contributed by atoms with Gasteiger partial charge in [0.15, 0.2) is 0 Å². The number of carboxylic acid groups (broad SMARTS) is 1. The van der Waals surface area contributed by atoms with E-state index in [9.17, 15) is 4.79 Å². The fourth-order valence-electron chi connectivity index (χ4n) is 2.71. The highest BCUT2D eigenvalue weighted by atomic mass is 16.4. The minimum absolute atomic E-state index is 0.0681. The van der Waals surface area contributed by atoms with E-state index in [0.29, 0.717) is 5.56 Å². The molecule has 1 aliphatic heterocycles. The first-order chi connectivity index (χ1) is 9.11. The van der Waals surface area contributed by atoms with Crippen LogP contribution in [0, 0.1) is 18.3 Å². The van der Waals surface area contributed by atoms with E-state index in [1.165, 1.54) is 0 Å². The van der Waals surface area contributed by atoms with Crippen molar-refractivity contribution in [2.45, 2.75) is 38.6 Å². The Kier molecular flexibility index (Phi) is 4.06. The van der Waals surface area contributed by atoms with Gasteiger partial charge in [-0.2, -0.15) is 5.26 Å². The number of carboxylic acids is 1. The first kappa shape index (κ1) is 13.4. The van der Waals surface area contributed by atoms with Crippen LogP contribution >= 0.6 is 0 Å². The zero-order chi connectivity index (χ0) is 13.8. The molecule has 4 nitrogen and oxygen atoms in total. The van der Waals surface area contributed by atoms with Crippen LogP contribution in [0.4, 0.5) is 5.69 Å². The Labute approximate surface area is 113 Å². The van der Waals surface area contributed by atoms with Crippen LogP contribution in [0.1, 0.15) is 36.8 Å². The third-order valence-corrected chi connectivity index (χ3v) is 3.70. The first-order valence-electron chi connectivity index (χ1n) is 6.61. The van der Waals surface area contributed by atoms with Crippen LogP contribution in [0.3, 0.4) is 0 Å². The molecule has 1 unspecified atom stereocenters. The number of anilines is 1. The maximum Gasteiger partial charge on any atom is 0.305 e. The highest BCUT2D eigenvalue weighted by Crippen LogP contribution is 2.28. The second kappa shape index (κ2) is 5.75. The van der Waals surface area contributed by atoms with Crippen LogP contribution in [0.2, 0.25) is 0 Å². The summed E-state index contributed by atoms with van der Waals surface area (Å²) in [5.74, 6) is -0.748. The second-order valence-electron chi connectivity index (χ2n) is 5.05. The summed E-state index contributed by atoms with van der Waals surface area (Å²) in [5, 5.41) is 17.9. The molecule has 2 rings (SSSR count). The molecule has 19 heavy (non-hydrogen) atoms. The molecule has 1 fully saturated rings. The van der Waals surface area contributed by atoms with Crippen LogP contribution < -0.4 is 4.90 Å². The summed E-state index contributed by atoms with van der Waals surface area (Å²) in [6, 6.07) is 7.95. The van der Waals surface area contributed by atoms with Crippen molar-refractivity contribution in [3.63, 3.8) is 0 Å². The standard InChI is InChI=1S/C15H18N2O2/c1-11-8-14(6-5-12(11)10-16)17-7-3-2-4-13(17)9-15(18)19/h5-6,8,13H,2-4,7,9H2,1H3,(H,18,19). The maximum absolute atomic E-state index is 10.9. The predicted molar refractivity (Wildman–Crippen MR) is 73.1 cm³/mol. The van der Waals surface area contributed by atoms with Crippen molar-refractivity contribution < 1.29 is 9.90 Å². The van der Waals surface area contributed by atoms with E-state index in [-0.39, 0.29) is 12.5 Å². The molecule has 0 bridgehead atoms.